The number of rotatable bonds is 6. The van der Waals surface area contributed by atoms with Crippen LogP contribution in [0.3, 0.4) is 0 Å². The number of nitrogens with zero attached hydrogens (tertiary/aromatic N) is 3. The fourth-order valence-electron chi connectivity index (χ4n) is 1.50. The maximum Gasteiger partial charge on any atom is 0.364 e. The van der Waals surface area contributed by atoms with Gasteiger partial charge in [-0.05, 0) is 31.6 Å². The first kappa shape index (κ1) is 11.6. The quantitative estimate of drug-likeness (QED) is 0.606. The summed E-state index contributed by atoms with van der Waals surface area (Å²) in [4.78, 5) is 11.3. The molecule has 92 valence electrons. The Kier molecular flexibility index (Phi) is 3.71. The highest BCUT2D eigenvalue weighted by Gasteiger charge is 2.01. The van der Waals surface area contributed by atoms with Crippen LogP contribution in [0.2, 0.25) is 0 Å². The fraction of sp³-hybridized carbons (Fsp3) is 0.500. The number of hydrogen-bond donors (Lipinski definition) is 3. The van der Waals surface area contributed by atoms with Crippen LogP contribution in [0.4, 0.5) is 5.82 Å². The second-order valence-corrected chi connectivity index (χ2v) is 3.65. The SMILES string of the molecule is CCNCCCNc1ccc2n[nH]c(=O)n2n1. The van der Waals surface area contributed by atoms with Gasteiger partial charge < -0.3 is 10.6 Å². The normalized spacial score (nSPS) is 10.9. The third kappa shape index (κ3) is 2.82. The van der Waals surface area contributed by atoms with Gasteiger partial charge in [-0.2, -0.15) is 9.61 Å². The molecule has 0 bridgehead atoms. The van der Waals surface area contributed by atoms with Crippen molar-refractivity contribution in [3.63, 3.8) is 0 Å². The number of anilines is 1. The Morgan fingerprint density at radius 1 is 1.41 bits per heavy atom. The number of fused-ring (bicyclic) bond motifs is 1. The Balaban J connectivity index is 1.94. The van der Waals surface area contributed by atoms with Crippen LogP contribution in [0.25, 0.3) is 5.65 Å². The number of hydrogen-bond acceptors (Lipinski definition) is 5. The summed E-state index contributed by atoms with van der Waals surface area (Å²) in [5.41, 5.74) is 0.199. The van der Waals surface area contributed by atoms with Crippen LogP contribution in [-0.4, -0.2) is 39.4 Å². The van der Waals surface area contributed by atoms with E-state index in [1.807, 2.05) is 6.07 Å². The summed E-state index contributed by atoms with van der Waals surface area (Å²) < 4.78 is 1.24. The molecule has 3 N–H and O–H groups in total. The molecular formula is C10H16N6O. The molecule has 0 aliphatic rings. The molecule has 2 aromatic heterocycles. The molecule has 0 atom stereocenters. The van der Waals surface area contributed by atoms with Gasteiger partial charge in [0.25, 0.3) is 0 Å². The summed E-state index contributed by atoms with van der Waals surface area (Å²) in [7, 11) is 0. The summed E-state index contributed by atoms with van der Waals surface area (Å²) in [6.07, 6.45) is 1.01. The van der Waals surface area contributed by atoms with Crippen molar-refractivity contribution >= 4 is 11.5 Å². The van der Waals surface area contributed by atoms with E-state index in [0.717, 1.165) is 26.1 Å². The molecule has 0 spiro atoms. The number of aromatic nitrogens is 4. The molecule has 2 aromatic rings. The molecule has 2 heterocycles. The van der Waals surface area contributed by atoms with Gasteiger partial charge in [-0.25, -0.2) is 9.89 Å². The second kappa shape index (κ2) is 5.44. The standard InChI is InChI=1S/C10H16N6O/c1-2-11-6-3-7-12-8-4-5-9-13-14-10(17)16(9)15-8/h4-5,11H,2-3,6-7H2,1H3,(H,12,15)(H,14,17). The minimum atomic E-state index is -0.323. The third-order valence-electron chi connectivity index (χ3n) is 2.36. The molecule has 2 rings (SSSR count). The zero-order valence-corrected chi connectivity index (χ0v) is 9.73. The predicted octanol–water partition coefficient (Wildman–Crippen LogP) is -0.171. The minimum absolute atomic E-state index is 0.323. The first-order chi connectivity index (χ1) is 8.31. The smallest absolute Gasteiger partial charge is 0.364 e. The molecule has 0 saturated carbocycles. The van der Waals surface area contributed by atoms with Gasteiger partial charge >= 0.3 is 5.69 Å². The van der Waals surface area contributed by atoms with Crippen molar-refractivity contribution in [3.05, 3.63) is 22.6 Å². The molecule has 7 nitrogen and oxygen atoms in total. The zero-order valence-electron chi connectivity index (χ0n) is 9.73. The molecule has 0 unspecified atom stereocenters. The molecule has 0 aliphatic heterocycles. The minimum Gasteiger partial charge on any atom is -0.369 e. The van der Waals surface area contributed by atoms with Gasteiger partial charge in [-0.15, -0.1) is 5.10 Å². The van der Waals surface area contributed by atoms with E-state index >= 15 is 0 Å². The average Bonchev–Trinajstić information content (AvgIpc) is 2.71. The topological polar surface area (TPSA) is 87.1 Å². The van der Waals surface area contributed by atoms with E-state index in [1.165, 1.54) is 4.52 Å². The third-order valence-corrected chi connectivity index (χ3v) is 2.36. The highest BCUT2D eigenvalue weighted by molar-refractivity contribution is 5.42. The number of aromatic amines is 1. The van der Waals surface area contributed by atoms with Crippen LogP contribution in [0.1, 0.15) is 13.3 Å². The molecule has 0 saturated heterocycles. The molecule has 0 aromatic carbocycles. The van der Waals surface area contributed by atoms with E-state index in [1.54, 1.807) is 6.07 Å². The van der Waals surface area contributed by atoms with Gasteiger partial charge in [-0.3, -0.25) is 0 Å². The Hall–Kier alpha value is -1.89. The average molecular weight is 236 g/mol. The lowest BCUT2D eigenvalue weighted by atomic mass is 10.4. The Morgan fingerprint density at radius 3 is 3.12 bits per heavy atom. The first-order valence-electron chi connectivity index (χ1n) is 5.70. The summed E-state index contributed by atoms with van der Waals surface area (Å²) >= 11 is 0. The molecule has 7 heteroatoms. The van der Waals surface area contributed by atoms with Gasteiger partial charge in [0, 0.05) is 6.54 Å². The lowest BCUT2D eigenvalue weighted by Gasteiger charge is -2.05. The Morgan fingerprint density at radius 2 is 2.29 bits per heavy atom. The van der Waals surface area contributed by atoms with Crippen molar-refractivity contribution in [2.75, 3.05) is 25.0 Å². The molecule has 0 amide bonds. The fourth-order valence-corrected chi connectivity index (χ4v) is 1.50. The van der Waals surface area contributed by atoms with Gasteiger partial charge in [0.05, 0.1) is 0 Å². The number of nitrogens with one attached hydrogen (secondary N) is 3. The number of H-pyrrole nitrogens is 1. The van der Waals surface area contributed by atoms with E-state index in [4.69, 9.17) is 0 Å². The highest BCUT2D eigenvalue weighted by Crippen LogP contribution is 2.02. The summed E-state index contributed by atoms with van der Waals surface area (Å²) in [6.45, 7) is 4.85. The van der Waals surface area contributed by atoms with Crippen molar-refractivity contribution in [2.24, 2.45) is 0 Å². The zero-order chi connectivity index (χ0) is 12.1. The van der Waals surface area contributed by atoms with Gasteiger partial charge in [0.1, 0.15) is 5.82 Å². The molecule has 0 radical (unpaired) electrons. The van der Waals surface area contributed by atoms with Crippen LogP contribution >= 0.6 is 0 Å². The van der Waals surface area contributed by atoms with Gasteiger partial charge in [0.15, 0.2) is 5.65 Å². The first-order valence-corrected chi connectivity index (χ1v) is 5.70. The van der Waals surface area contributed by atoms with Crippen molar-refractivity contribution in [1.29, 1.82) is 0 Å². The van der Waals surface area contributed by atoms with Gasteiger partial charge in [-0.1, -0.05) is 6.92 Å². The van der Waals surface area contributed by atoms with E-state index < -0.39 is 0 Å². The Bertz CT molecular complexity index is 531. The van der Waals surface area contributed by atoms with Gasteiger partial charge in [0.2, 0.25) is 0 Å². The van der Waals surface area contributed by atoms with E-state index in [-0.39, 0.29) is 5.69 Å². The predicted molar refractivity (Wildman–Crippen MR) is 65.3 cm³/mol. The highest BCUT2D eigenvalue weighted by atomic mass is 16.2. The largest absolute Gasteiger partial charge is 0.369 e. The van der Waals surface area contributed by atoms with Crippen molar-refractivity contribution < 1.29 is 0 Å². The Labute approximate surface area is 98.2 Å². The lowest BCUT2D eigenvalue weighted by molar-refractivity contribution is 0.687. The van der Waals surface area contributed by atoms with E-state index in [2.05, 4.69) is 32.9 Å². The summed E-state index contributed by atoms with van der Waals surface area (Å²) in [5, 5.41) is 16.7. The van der Waals surface area contributed by atoms with Crippen LogP contribution in [-0.2, 0) is 0 Å². The van der Waals surface area contributed by atoms with Crippen LogP contribution in [0, 0.1) is 0 Å². The van der Waals surface area contributed by atoms with Crippen LogP contribution < -0.4 is 16.3 Å². The molecular weight excluding hydrogens is 220 g/mol. The van der Waals surface area contributed by atoms with Crippen molar-refractivity contribution in [3.8, 4) is 0 Å². The maximum absolute atomic E-state index is 11.3. The molecule has 0 fully saturated rings. The molecule has 0 aliphatic carbocycles. The second-order valence-electron chi connectivity index (χ2n) is 3.65. The van der Waals surface area contributed by atoms with E-state index in [0.29, 0.717) is 11.5 Å². The summed E-state index contributed by atoms with van der Waals surface area (Å²) in [6, 6.07) is 3.56. The van der Waals surface area contributed by atoms with Crippen LogP contribution in [0.5, 0.6) is 0 Å². The lowest BCUT2D eigenvalue weighted by Crippen LogP contribution is -2.18. The van der Waals surface area contributed by atoms with Crippen LogP contribution in [0.15, 0.2) is 16.9 Å². The maximum atomic E-state index is 11.3. The van der Waals surface area contributed by atoms with Crippen molar-refractivity contribution in [2.45, 2.75) is 13.3 Å². The summed E-state index contributed by atoms with van der Waals surface area (Å²) in [5.74, 6) is 0.678. The van der Waals surface area contributed by atoms with E-state index in [9.17, 15) is 4.79 Å². The van der Waals surface area contributed by atoms with Crippen molar-refractivity contribution in [1.82, 2.24) is 25.1 Å². The monoisotopic (exact) mass is 236 g/mol. The molecule has 17 heavy (non-hydrogen) atoms.